The summed E-state index contributed by atoms with van der Waals surface area (Å²) in [6, 6.07) is 21.1. The predicted molar refractivity (Wildman–Crippen MR) is 127 cm³/mol. The second-order valence-electron chi connectivity index (χ2n) is 6.88. The molecule has 35 heavy (non-hydrogen) atoms. The van der Waals surface area contributed by atoms with Crippen LogP contribution in [0.4, 0.5) is 22.7 Å². The minimum absolute atomic E-state index is 0.00335. The van der Waals surface area contributed by atoms with Crippen molar-refractivity contribution in [3.63, 3.8) is 0 Å². The summed E-state index contributed by atoms with van der Waals surface area (Å²) in [7, 11) is -4.59. The lowest BCUT2D eigenvalue weighted by molar-refractivity contribution is -0.432. The molecular formula is C22H16N4O7S2. The Morgan fingerprint density at radius 1 is 0.743 bits per heavy atom. The third kappa shape index (κ3) is 5.86. The van der Waals surface area contributed by atoms with Gasteiger partial charge in [0.2, 0.25) is 0 Å². The van der Waals surface area contributed by atoms with Gasteiger partial charge in [-0.2, -0.15) is 23.8 Å². The summed E-state index contributed by atoms with van der Waals surface area (Å²) in [6.07, 6.45) is 0. The third-order valence-electron chi connectivity index (χ3n) is 4.64. The van der Waals surface area contributed by atoms with E-state index < -0.39 is 20.8 Å². The molecule has 0 radical (unpaired) electrons. The molecular weight excluding hydrogens is 496 g/mol. The van der Waals surface area contributed by atoms with Gasteiger partial charge in [-0.15, -0.1) is 9.45 Å². The van der Waals surface area contributed by atoms with E-state index in [4.69, 9.17) is 5.26 Å². The van der Waals surface area contributed by atoms with Gasteiger partial charge in [-0.05, 0) is 48.5 Å². The van der Waals surface area contributed by atoms with Crippen molar-refractivity contribution in [1.29, 1.82) is 0 Å². The van der Waals surface area contributed by atoms with Gasteiger partial charge in [0.1, 0.15) is 10.6 Å². The Morgan fingerprint density at radius 3 is 1.94 bits per heavy atom. The van der Waals surface area contributed by atoms with E-state index in [2.05, 4.69) is 29.8 Å². The highest BCUT2D eigenvalue weighted by atomic mass is 32.2. The number of hydrogen-bond acceptors (Lipinski definition) is 11. The maximum absolute atomic E-state index is 11.7. The number of azo groups is 2. The van der Waals surface area contributed by atoms with Crippen LogP contribution in [-0.4, -0.2) is 23.3 Å². The molecule has 4 aromatic carbocycles. The molecule has 0 aliphatic heterocycles. The van der Waals surface area contributed by atoms with E-state index in [0.717, 1.165) is 0 Å². The molecule has 178 valence electrons. The van der Waals surface area contributed by atoms with E-state index in [1.165, 1.54) is 24.3 Å². The molecule has 0 atom stereocenters. The number of phenolic OH excluding ortho intramolecular Hbond substituents is 1. The van der Waals surface area contributed by atoms with E-state index in [-0.39, 0.29) is 21.4 Å². The molecule has 0 saturated carbocycles. The van der Waals surface area contributed by atoms with Crippen molar-refractivity contribution < 1.29 is 32.7 Å². The smallest absolute Gasteiger partial charge is 0.295 e. The monoisotopic (exact) mass is 512 g/mol. The number of benzene rings is 4. The van der Waals surface area contributed by atoms with Gasteiger partial charge in [-0.1, -0.05) is 35.4 Å². The highest BCUT2D eigenvalue weighted by Crippen LogP contribution is 2.45. The number of rotatable bonds is 8. The maximum Gasteiger partial charge on any atom is 0.295 e. The number of nitrogens with zero attached hydrogens (tertiary/aromatic N) is 4. The molecule has 0 aromatic heterocycles. The van der Waals surface area contributed by atoms with E-state index >= 15 is 0 Å². The first-order valence-corrected chi connectivity index (χ1v) is 11.9. The van der Waals surface area contributed by atoms with Crippen LogP contribution in [-0.2, 0) is 19.5 Å². The fourth-order valence-electron chi connectivity index (χ4n) is 3.08. The Balaban J connectivity index is 1.67. The van der Waals surface area contributed by atoms with E-state index in [1.54, 1.807) is 24.3 Å². The van der Waals surface area contributed by atoms with Crippen molar-refractivity contribution >= 4 is 55.7 Å². The predicted octanol–water partition coefficient (Wildman–Crippen LogP) is 7.05. The highest BCUT2D eigenvalue weighted by molar-refractivity contribution is 7.94. The Labute approximate surface area is 203 Å². The minimum Gasteiger partial charge on any atom is -0.505 e. The second kappa shape index (κ2) is 10.7. The van der Waals surface area contributed by atoms with Crippen molar-refractivity contribution in [1.82, 2.24) is 0 Å². The van der Waals surface area contributed by atoms with Crippen molar-refractivity contribution in [2.24, 2.45) is 20.5 Å². The molecule has 0 bridgehead atoms. The maximum atomic E-state index is 11.7. The van der Waals surface area contributed by atoms with Crippen LogP contribution < -0.4 is 0 Å². The zero-order valence-electron chi connectivity index (χ0n) is 17.6. The molecule has 11 nitrogen and oxygen atoms in total. The Hall–Kier alpha value is -3.72. The zero-order chi connectivity index (χ0) is 24.8. The Bertz CT molecular complexity index is 1510. The molecule has 0 aliphatic rings. The summed E-state index contributed by atoms with van der Waals surface area (Å²) in [5, 5.41) is 39.5. The van der Waals surface area contributed by atoms with Crippen LogP contribution in [0.3, 0.4) is 0 Å². The Kier molecular flexibility index (Phi) is 7.45. The van der Waals surface area contributed by atoms with Gasteiger partial charge in [-0.25, -0.2) is 5.26 Å². The van der Waals surface area contributed by atoms with Crippen LogP contribution in [0.1, 0.15) is 0 Å². The highest BCUT2D eigenvalue weighted by Gasteiger charge is 2.21. The SMILES string of the molecule is O=S(=O)(O)c1cccc2c(O)c(N=Nc3ccc(N=Nc4ccccc4)cc3)c(SOOO)cc12. The van der Waals surface area contributed by atoms with Crippen molar-refractivity contribution in [3.8, 4) is 5.75 Å². The minimum atomic E-state index is -4.59. The second-order valence-corrected chi connectivity index (χ2v) is 9.01. The van der Waals surface area contributed by atoms with Crippen molar-refractivity contribution in [3.05, 3.63) is 78.9 Å². The molecule has 3 N–H and O–H groups in total. The topological polar surface area (TPSA) is 163 Å². The average molecular weight is 513 g/mol. The van der Waals surface area contributed by atoms with Gasteiger partial charge in [0.25, 0.3) is 10.1 Å². The lowest BCUT2D eigenvalue weighted by Crippen LogP contribution is -1.99. The standard InChI is InChI=1S/C22H16N4O7S2/c27-22-17-7-4-8-20(35(29,30)31)18(17)13-19(34-33-32-28)21(22)26-25-16-11-9-15(10-12-16)24-23-14-5-2-1-3-6-14/h1-13,27-28H,(H,29,30,31). The van der Waals surface area contributed by atoms with E-state index in [1.807, 2.05) is 30.3 Å². The fraction of sp³-hybridized carbons (Fsp3) is 0. The lowest BCUT2D eigenvalue weighted by atomic mass is 10.1. The van der Waals surface area contributed by atoms with Crippen molar-refractivity contribution in [2.75, 3.05) is 0 Å². The molecule has 13 heteroatoms. The first-order chi connectivity index (χ1) is 16.9. The van der Waals surface area contributed by atoms with Crippen molar-refractivity contribution in [2.45, 2.75) is 9.79 Å². The molecule has 0 fully saturated rings. The van der Waals surface area contributed by atoms with Crippen LogP contribution in [0.2, 0.25) is 0 Å². The molecule has 0 unspecified atom stereocenters. The van der Waals surface area contributed by atoms with Crippen LogP contribution in [0, 0.1) is 0 Å². The average Bonchev–Trinajstić information content (AvgIpc) is 2.86. The summed E-state index contributed by atoms with van der Waals surface area (Å²) < 4.78 is 37.5. The third-order valence-corrected chi connectivity index (χ3v) is 6.17. The van der Waals surface area contributed by atoms with Gasteiger partial charge in [-0.3, -0.25) is 4.55 Å². The quantitative estimate of drug-likeness (QED) is 0.0743. The number of fused-ring (bicyclic) bond motifs is 1. The largest absolute Gasteiger partial charge is 0.505 e. The summed E-state index contributed by atoms with van der Waals surface area (Å²) in [5.74, 6) is -0.422. The van der Waals surface area contributed by atoms with E-state index in [0.29, 0.717) is 29.1 Å². The number of aromatic hydroxyl groups is 1. The normalized spacial score (nSPS) is 12.2. The molecule has 4 rings (SSSR count). The van der Waals surface area contributed by atoms with Gasteiger partial charge in [0, 0.05) is 10.8 Å². The molecule has 0 aliphatic carbocycles. The van der Waals surface area contributed by atoms with Crippen LogP contribution in [0.15, 0.2) is 109 Å². The van der Waals surface area contributed by atoms with Gasteiger partial charge >= 0.3 is 0 Å². The lowest BCUT2D eigenvalue weighted by Gasteiger charge is -2.11. The van der Waals surface area contributed by atoms with Gasteiger partial charge < -0.3 is 5.11 Å². The summed E-state index contributed by atoms with van der Waals surface area (Å²) >= 11 is 0.448. The fourth-order valence-corrected chi connectivity index (χ4v) is 4.27. The van der Waals surface area contributed by atoms with Gasteiger partial charge in [0.15, 0.2) is 5.75 Å². The number of hydrogen-bond donors (Lipinski definition) is 3. The Morgan fingerprint density at radius 2 is 1.34 bits per heavy atom. The first-order valence-electron chi connectivity index (χ1n) is 9.76. The number of phenols is 1. The summed E-state index contributed by atoms with van der Waals surface area (Å²) in [5.41, 5.74) is 1.63. The molecule has 0 heterocycles. The molecule has 0 saturated heterocycles. The molecule has 0 spiro atoms. The first kappa shape index (κ1) is 24.4. The van der Waals surface area contributed by atoms with Crippen LogP contribution in [0.25, 0.3) is 10.8 Å². The summed E-state index contributed by atoms with van der Waals surface area (Å²) in [4.78, 5) is -0.377. The van der Waals surface area contributed by atoms with Crippen LogP contribution in [0.5, 0.6) is 5.75 Å². The van der Waals surface area contributed by atoms with E-state index in [9.17, 15) is 18.1 Å². The summed E-state index contributed by atoms with van der Waals surface area (Å²) in [6.45, 7) is 0. The van der Waals surface area contributed by atoms with Crippen LogP contribution >= 0.6 is 12.0 Å². The molecule has 0 amide bonds. The zero-order valence-corrected chi connectivity index (χ0v) is 19.2. The molecule has 4 aromatic rings. The van der Waals surface area contributed by atoms with Gasteiger partial charge in [0.05, 0.1) is 34.0 Å².